The Kier molecular flexibility index (Phi) is 7.72. The number of nitriles is 2. The van der Waals surface area contributed by atoms with Crippen LogP contribution < -0.4 is 14.9 Å². The third-order valence-electron chi connectivity index (χ3n) is 4.51. The van der Waals surface area contributed by atoms with Gasteiger partial charge in [-0.25, -0.2) is 9.82 Å². The van der Waals surface area contributed by atoms with Crippen LogP contribution in [0, 0.1) is 28.5 Å². The molecule has 0 spiro atoms. The molecule has 0 radical (unpaired) electrons. The van der Waals surface area contributed by atoms with Crippen LogP contribution in [0.3, 0.4) is 0 Å². The van der Waals surface area contributed by atoms with Crippen LogP contribution in [0.15, 0.2) is 65.8 Å². The fourth-order valence-electron chi connectivity index (χ4n) is 2.90. The number of nitrogens with one attached hydrogen (secondary N) is 1. The Labute approximate surface area is 190 Å². The maximum Gasteiger partial charge on any atom is 0.274 e. The highest BCUT2D eigenvalue weighted by Crippen LogP contribution is 2.29. The minimum Gasteiger partial charge on any atom is -0.490 e. The average Bonchev–Trinajstić information content (AvgIpc) is 2.83. The van der Waals surface area contributed by atoms with E-state index in [1.807, 2.05) is 19.1 Å². The zero-order chi connectivity index (χ0) is 23.6. The first-order valence-electron chi connectivity index (χ1n) is 9.96. The Hall–Kier alpha value is -4.69. The lowest BCUT2D eigenvalue weighted by Gasteiger charge is -2.13. The predicted octanol–water partition coefficient (Wildman–Crippen LogP) is 4.31. The first-order valence-corrected chi connectivity index (χ1v) is 9.96. The van der Waals surface area contributed by atoms with E-state index in [1.54, 1.807) is 36.4 Å². The summed E-state index contributed by atoms with van der Waals surface area (Å²) >= 11 is 0. The number of carbonyl (C=O) groups is 1. The van der Waals surface area contributed by atoms with Crippen molar-refractivity contribution in [3.05, 3.63) is 94.3 Å². The monoisotopic (exact) mass is 442 g/mol. The van der Waals surface area contributed by atoms with Crippen LogP contribution in [0.5, 0.6) is 11.5 Å². The van der Waals surface area contributed by atoms with Gasteiger partial charge in [-0.3, -0.25) is 4.79 Å². The van der Waals surface area contributed by atoms with Gasteiger partial charge in [0.1, 0.15) is 12.4 Å². The predicted molar refractivity (Wildman–Crippen MR) is 119 cm³/mol. The minimum atomic E-state index is -0.806. The van der Waals surface area contributed by atoms with E-state index in [1.165, 1.54) is 18.3 Å². The molecule has 33 heavy (non-hydrogen) atoms. The van der Waals surface area contributed by atoms with Gasteiger partial charge in [-0.15, -0.1) is 0 Å². The van der Waals surface area contributed by atoms with E-state index in [4.69, 9.17) is 14.7 Å². The van der Waals surface area contributed by atoms with Crippen molar-refractivity contribution in [2.24, 2.45) is 5.10 Å². The highest BCUT2D eigenvalue weighted by molar-refractivity contribution is 5.95. The van der Waals surface area contributed by atoms with Crippen molar-refractivity contribution in [1.29, 1.82) is 10.5 Å². The molecule has 164 valence electrons. The van der Waals surface area contributed by atoms with Crippen LogP contribution in [-0.2, 0) is 6.61 Å². The van der Waals surface area contributed by atoms with E-state index in [2.05, 4.69) is 16.6 Å². The molecule has 0 bridgehead atoms. The molecule has 1 amide bonds. The van der Waals surface area contributed by atoms with E-state index < -0.39 is 11.7 Å². The molecule has 3 aromatic carbocycles. The Morgan fingerprint density at radius 3 is 2.61 bits per heavy atom. The highest BCUT2D eigenvalue weighted by Gasteiger charge is 2.12. The van der Waals surface area contributed by atoms with E-state index in [0.717, 1.165) is 11.6 Å². The number of nitrogens with zero attached hydrogens (tertiary/aromatic N) is 3. The second kappa shape index (κ2) is 11.1. The maximum absolute atomic E-state index is 14.0. The van der Waals surface area contributed by atoms with Gasteiger partial charge in [0.25, 0.3) is 5.91 Å². The second-order valence-electron chi connectivity index (χ2n) is 6.70. The summed E-state index contributed by atoms with van der Waals surface area (Å²) in [5.41, 5.74) is 4.06. The summed E-state index contributed by atoms with van der Waals surface area (Å²) in [7, 11) is 0. The Morgan fingerprint density at radius 1 is 1.06 bits per heavy atom. The molecule has 0 atom stereocenters. The minimum absolute atomic E-state index is 0.120. The van der Waals surface area contributed by atoms with Gasteiger partial charge >= 0.3 is 0 Å². The van der Waals surface area contributed by atoms with Crippen molar-refractivity contribution >= 4 is 12.1 Å². The van der Waals surface area contributed by atoms with E-state index >= 15 is 0 Å². The molecule has 7 nitrogen and oxygen atoms in total. The average molecular weight is 442 g/mol. The van der Waals surface area contributed by atoms with Crippen LogP contribution in [0.1, 0.15) is 39.5 Å². The molecule has 1 N–H and O–H groups in total. The number of amides is 1. The van der Waals surface area contributed by atoms with Gasteiger partial charge in [-0.2, -0.15) is 15.6 Å². The Bertz CT molecular complexity index is 1280. The van der Waals surface area contributed by atoms with Gasteiger partial charge in [0, 0.05) is 5.56 Å². The molecule has 0 aliphatic heterocycles. The molecule has 3 rings (SSSR count). The zero-order valence-electron chi connectivity index (χ0n) is 17.7. The number of hydrogen-bond donors (Lipinski definition) is 1. The summed E-state index contributed by atoms with van der Waals surface area (Å²) in [6, 6.07) is 19.8. The number of halogens is 1. The summed E-state index contributed by atoms with van der Waals surface area (Å²) in [5, 5.41) is 21.9. The molecule has 0 unspecified atom stereocenters. The Morgan fingerprint density at radius 2 is 1.88 bits per heavy atom. The van der Waals surface area contributed by atoms with Crippen LogP contribution in [0.25, 0.3) is 0 Å². The number of hydrazone groups is 1. The molecule has 0 heterocycles. The summed E-state index contributed by atoms with van der Waals surface area (Å²) in [6.45, 7) is 2.44. The fraction of sp³-hybridized carbons (Fsp3) is 0.120. The number of ether oxygens (including phenoxy) is 2. The standard InChI is InChI=1S/C25H19FN4O3/c1-2-32-24-12-18(8-10-23(24)33-16-20-6-4-3-5-19(20)14-28)15-29-30-25(31)21-9-7-17(13-27)11-22(21)26/h3-12,15H,2,16H2,1H3,(H,30,31)/b29-15-. The summed E-state index contributed by atoms with van der Waals surface area (Å²) in [6.07, 6.45) is 1.39. The van der Waals surface area contributed by atoms with Crippen LogP contribution >= 0.6 is 0 Å². The van der Waals surface area contributed by atoms with Crippen LogP contribution in [0.2, 0.25) is 0 Å². The third-order valence-corrected chi connectivity index (χ3v) is 4.51. The quantitative estimate of drug-likeness (QED) is 0.413. The largest absolute Gasteiger partial charge is 0.490 e. The van der Waals surface area contributed by atoms with Crippen molar-refractivity contribution < 1.29 is 18.7 Å². The fourth-order valence-corrected chi connectivity index (χ4v) is 2.90. The Balaban J connectivity index is 1.69. The molecule has 3 aromatic rings. The lowest BCUT2D eigenvalue weighted by molar-refractivity contribution is 0.0951. The highest BCUT2D eigenvalue weighted by atomic mass is 19.1. The van der Waals surface area contributed by atoms with Gasteiger partial charge in [-0.1, -0.05) is 18.2 Å². The lowest BCUT2D eigenvalue weighted by Crippen LogP contribution is -2.19. The van der Waals surface area contributed by atoms with Crippen molar-refractivity contribution in [3.63, 3.8) is 0 Å². The van der Waals surface area contributed by atoms with Gasteiger partial charge < -0.3 is 9.47 Å². The molecule has 0 aliphatic carbocycles. The number of hydrogen-bond acceptors (Lipinski definition) is 6. The maximum atomic E-state index is 14.0. The van der Waals surface area contributed by atoms with Crippen molar-refractivity contribution in [1.82, 2.24) is 5.43 Å². The topological polar surface area (TPSA) is 108 Å². The van der Waals surface area contributed by atoms with Gasteiger partial charge in [-0.05, 0) is 55.0 Å². The molecule has 0 aromatic heterocycles. The SMILES string of the molecule is CCOc1cc(/C=N\NC(=O)c2ccc(C#N)cc2F)ccc1OCc1ccccc1C#N. The van der Waals surface area contributed by atoms with Crippen molar-refractivity contribution in [3.8, 4) is 23.6 Å². The molecular weight excluding hydrogens is 423 g/mol. The van der Waals surface area contributed by atoms with Gasteiger partial charge in [0.05, 0.1) is 41.7 Å². The zero-order valence-corrected chi connectivity index (χ0v) is 17.7. The molecule has 0 saturated heterocycles. The summed E-state index contributed by atoms with van der Waals surface area (Å²) in [4.78, 5) is 12.1. The number of benzene rings is 3. The first kappa shape index (κ1) is 23.0. The van der Waals surface area contributed by atoms with Crippen LogP contribution in [0.4, 0.5) is 4.39 Å². The van der Waals surface area contributed by atoms with Crippen molar-refractivity contribution in [2.75, 3.05) is 6.61 Å². The van der Waals surface area contributed by atoms with E-state index in [-0.39, 0.29) is 17.7 Å². The third kappa shape index (κ3) is 5.93. The second-order valence-corrected chi connectivity index (χ2v) is 6.70. The van der Waals surface area contributed by atoms with Crippen LogP contribution in [-0.4, -0.2) is 18.7 Å². The lowest BCUT2D eigenvalue weighted by atomic mass is 10.1. The normalized spacial score (nSPS) is 10.3. The first-order chi connectivity index (χ1) is 16.0. The van der Waals surface area contributed by atoms with E-state index in [0.29, 0.717) is 29.2 Å². The summed E-state index contributed by atoms with van der Waals surface area (Å²) < 4.78 is 25.4. The molecule has 0 aliphatic rings. The van der Waals surface area contributed by atoms with Crippen molar-refractivity contribution in [2.45, 2.75) is 13.5 Å². The van der Waals surface area contributed by atoms with E-state index in [9.17, 15) is 14.4 Å². The number of rotatable bonds is 8. The van der Waals surface area contributed by atoms with Gasteiger partial charge in [0.15, 0.2) is 11.5 Å². The van der Waals surface area contributed by atoms with Gasteiger partial charge in [0.2, 0.25) is 0 Å². The molecule has 0 saturated carbocycles. The molecule has 0 fully saturated rings. The number of carbonyl (C=O) groups excluding carboxylic acids is 1. The molecule has 8 heteroatoms. The summed E-state index contributed by atoms with van der Waals surface area (Å²) in [5.74, 6) is -0.583. The smallest absolute Gasteiger partial charge is 0.274 e. The molecular formula is C25H19FN4O3.